The molecule has 0 aliphatic heterocycles. The van der Waals surface area contributed by atoms with Gasteiger partial charge in [0.2, 0.25) is 0 Å². The van der Waals surface area contributed by atoms with Gasteiger partial charge in [0.1, 0.15) is 40.3 Å². The fourth-order valence-corrected chi connectivity index (χ4v) is 1.52. The van der Waals surface area contributed by atoms with Crippen LogP contribution in [0.4, 0.5) is 19.0 Å². The fourth-order valence-electron chi connectivity index (χ4n) is 1.33. The highest BCUT2D eigenvalue weighted by molar-refractivity contribution is 6.35. The normalized spacial score (nSPS) is 10.6. The van der Waals surface area contributed by atoms with E-state index in [1.54, 1.807) is 0 Å². The van der Waals surface area contributed by atoms with E-state index in [0.717, 1.165) is 6.33 Å². The van der Waals surface area contributed by atoms with Gasteiger partial charge in [-0.1, -0.05) is 11.6 Å². The summed E-state index contributed by atoms with van der Waals surface area (Å²) in [6.07, 6.45) is 1.01. The highest BCUT2D eigenvalue weighted by atomic mass is 35.5. The average molecular weight is 260 g/mol. The predicted octanol–water partition coefficient (Wildman–Crippen LogP) is 2.80. The van der Waals surface area contributed by atoms with Crippen molar-refractivity contribution in [2.75, 3.05) is 5.73 Å². The minimum atomic E-state index is -1.11. The molecule has 0 unspecified atom stereocenters. The second kappa shape index (κ2) is 4.21. The molecule has 2 aromatic rings. The van der Waals surface area contributed by atoms with E-state index < -0.39 is 23.0 Å². The largest absolute Gasteiger partial charge is 0.382 e. The lowest BCUT2D eigenvalue weighted by Gasteiger charge is -2.07. The fraction of sp³-hybridized carbons (Fsp3) is 0. The third-order valence-electron chi connectivity index (χ3n) is 2.06. The number of hydrogen-bond acceptors (Lipinski definition) is 3. The van der Waals surface area contributed by atoms with Crippen LogP contribution in [-0.2, 0) is 0 Å². The lowest BCUT2D eigenvalue weighted by Crippen LogP contribution is -1.99. The van der Waals surface area contributed by atoms with Crippen LogP contribution in [0.3, 0.4) is 0 Å². The monoisotopic (exact) mass is 259 g/mol. The van der Waals surface area contributed by atoms with Gasteiger partial charge < -0.3 is 5.73 Å². The van der Waals surface area contributed by atoms with Crippen LogP contribution in [0.15, 0.2) is 18.5 Å². The van der Waals surface area contributed by atoms with E-state index in [9.17, 15) is 13.2 Å². The molecule has 0 bridgehead atoms. The zero-order valence-corrected chi connectivity index (χ0v) is 8.97. The molecule has 0 saturated heterocycles. The van der Waals surface area contributed by atoms with Gasteiger partial charge in [0.15, 0.2) is 0 Å². The van der Waals surface area contributed by atoms with Crippen molar-refractivity contribution in [1.82, 2.24) is 9.97 Å². The van der Waals surface area contributed by atoms with Gasteiger partial charge in [0, 0.05) is 12.1 Å². The van der Waals surface area contributed by atoms with Crippen LogP contribution in [0.1, 0.15) is 0 Å². The Kier molecular flexibility index (Phi) is 2.89. The minimum absolute atomic E-state index is 0.111. The molecule has 3 nitrogen and oxygen atoms in total. The van der Waals surface area contributed by atoms with Gasteiger partial charge in [-0.25, -0.2) is 23.1 Å². The Hall–Kier alpha value is -1.82. The summed E-state index contributed by atoms with van der Waals surface area (Å²) in [7, 11) is 0. The lowest BCUT2D eigenvalue weighted by atomic mass is 10.1. The molecule has 0 aliphatic rings. The van der Waals surface area contributed by atoms with E-state index in [1.807, 2.05) is 0 Å². The summed E-state index contributed by atoms with van der Waals surface area (Å²) >= 11 is 5.73. The number of aromatic nitrogens is 2. The van der Waals surface area contributed by atoms with Gasteiger partial charge in [0.25, 0.3) is 0 Å². The summed E-state index contributed by atoms with van der Waals surface area (Å²) < 4.78 is 39.7. The molecule has 88 valence electrons. The first-order chi connectivity index (χ1) is 8.00. The number of nitrogens with zero attached hydrogens (tertiary/aromatic N) is 2. The van der Waals surface area contributed by atoms with Gasteiger partial charge in [-0.3, -0.25) is 0 Å². The third kappa shape index (κ3) is 2.03. The number of nitrogen functional groups attached to an aromatic ring is 1. The standard InChI is InChI=1S/C10H5ClF3N3/c11-8-9(16-3-17-10(8)15)7-5(13)1-4(12)2-6(7)14/h1-3H,(H2,15,16,17). The molecule has 0 aliphatic carbocycles. The summed E-state index contributed by atoms with van der Waals surface area (Å²) in [5, 5.41) is -0.183. The molecular weight excluding hydrogens is 255 g/mol. The highest BCUT2D eigenvalue weighted by Crippen LogP contribution is 2.32. The first-order valence-corrected chi connectivity index (χ1v) is 4.79. The zero-order valence-electron chi connectivity index (χ0n) is 8.22. The molecule has 0 fully saturated rings. The van der Waals surface area contributed by atoms with Crippen molar-refractivity contribution in [2.45, 2.75) is 0 Å². The van der Waals surface area contributed by atoms with E-state index in [4.69, 9.17) is 17.3 Å². The molecule has 1 heterocycles. The van der Waals surface area contributed by atoms with Crippen LogP contribution < -0.4 is 5.73 Å². The molecule has 1 aromatic heterocycles. The quantitative estimate of drug-likeness (QED) is 0.857. The van der Waals surface area contributed by atoms with Gasteiger partial charge in [-0.05, 0) is 0 Å². The van der Waals surface area contributed by atoms with Crippen molar-refractivity contribution < 1.29 is 13.2 Å². The molecule has 1 aromatic carbocycles. The van der Waals surface area contributed by atoms with Crippen molar-refractivity contribution in [3.05, 3.63) is 40.9 Å². The lowest BCUT2D eigenvalue weighted by molar-refractivity contribution is 0.547. The Labute approximate surface area is 99.1 Å². The van der Waals surface area contributed by atoms with Crippen LogP contribution in [0.5, 0.6) is 0 Å². The van der Waals surface area contributed by atoms with Crippen LogP contribution in [-0.4, -0.2) is 9.97 Å². The molecule has 17 heavy (non-hydrogen) atoms. The van der Waals surface area contributed by atoms with Crippen LogP contribution in [0.25, 0.3) is 11.3 Å². The second-order valence-corrected chi connectivity index (χ2v) is 3.54. The average Bonchev–Trinajstić information content (AvgIpc) is 2.23. The summed E-state index contributed by atoms with van der Waals surface area (Å²) in [6, 6.07) is 1.07. The summed E-state index contributed by atoms with van der Waals surface area (Å²) in [6.45, 7) is 0. The number of nitrogens with two attached hydrogens (primary N) is 1. The Morgan fingerprint density at radius 2 is 1.65 bits per heavy atom. The van der Waals surface area contributed by atoms with Crippen molar-refractivity contribution in [1.29, 1.82) is 0 Å². The maximum absolute atomic E-state index is 13.5. The molecule has 0 atom stereocenters. The third-order valence-corrected chi connectivity index (χ3v) is 2.43. The number of benzene rings is 1. The van der Waals surface area contributed by atoms with Gasteiger partial charge in [-0.2, -0.15) is 0 Å². The first-order valence-electron chi connectivity index (χ1n) is 4.41. The number of hydrogen-bond donors (Lipinski definition) is 1. The number of halogens is 4. The predicted molar refractivity (Wildman–Crippen MR) is 56.8 cm³/mol. The van der Waals surface area contributed by atoms with E-state index in [1.165, 1.54) is 0 Å². The van der Waals surface area contributed by atoms with Gasteiger partial charge in [0.05, 0.1) is 5.56 Å². The Morgan fingerprint density at radius 3 is 2.24 bits per heavy atom. The molecular formula is C10H5ClF3N3. The number of anilines is 1. The van der Waals surface area contributed by atoms with Crippen LogP contribution in [0, 0.1) is 17.5 Å². The molecule has 0 amide bonds. The molecule has 0 radical (unpaired) electrons. The highest BCUT2D eigenvalue weighted by Gasteiger charge is 2.18. The maximum atomic E-state index is 13.5. The molecule has 0 saturated carbocycles. The Morgan fingerprint density at radius 1 is 1.06 bits per heavy atom. The maximum Gasteiger partial charge on any atom is 0.146 e. The molecule has 0 spiro atoms. The summed E-state index contributed by atoms with van der Waals surface area (Å²) in [5.41, 5.74) is 4.64. The smallest absolute Gasteiger partial charge is 0.146 e. The van der Waals surface area contributed by atoms with Crippen molar-refractivity contribution in [3.8, 4) is 11.3 Å². The van der Waals surface area contributed by atoms with Gasteiger partial charge in [-0.15, -0.1) is 0 Å². The van der Waals surface area contributed by atoms with Gasteiger partial charge >= 0.3 is 0 Å². The second-order valence-electron chi connectivity index (χ2n) is 3.17. The van der Waals surface area contributed by atoms with E-state index >= 15 is 0 Å². The topological polar surface area (TPSA) is 51.8 Å². The SMILES string of the molecule is Nc1ncnc(-c2c(F)cc(F)cc2F)c1Cl. The Balaban J connectivity index is 2.73. The molecule has 2 rings (SSSR count). The van der Waals surface area contributed by atoms with E-state index in [0.29, 0.717) is 12.1 Å². The van der Waals surface area contributed by atoms with Crippen LogP contribution in [0.2, 0.25) is 5.02 Å². The Bertz CT molecular complexity index is 566. The van der Waals surface area contributed by atoms with Crippen molar-refractivity contribution >= 4 is 17.4 Å². The van der Waals surface area contributed by atoms with Crippen LogP contribution >= 0.6 is 11.6 Å². The molecule has 2 N–H and O–H groups in total. The summed E-state index contributed by atoms with van der Waals surface area (Å²) in [4.78, 5) is 7.19. The first kappa shape index (κ1) is 11.7. The van der Waals surface area contributed by atoms with Crippen molar-refractivity contribution in [2.24, 2.45) is 0 Å². The molecule has 7 heteroatoms. The zero-order chi connectivity index (χ0) is 12.6. The van der Waals surface area contributed by atoms with E-state index in [-0.39, 0.29) is 16.5 Å². The van der Waals surface area contributed by atoms with Crippen molar-refractivity contribution in [3.63, 3.8) is 0 Å². The van der Waals surface area contributed by atoms with E-state index in [2.05, 4.69) is 9.97 Å². The summed E-state index contributed by atoms with van der Waals surface area (Å²) in [5.74, 6) is -3.35. The minimum Gasteiger partial charge on any atom is -0.382 e. The number of rotatable bonds is 1.